The number of nitrogens with two attached hydrogens (primary N) is 1. The van der Waals surface area contributed by atoms with Gasteiger partial charge in [-0.1, -0.05) is 18.2 Å². The Labute approximate surface area is 119 Å². The number of para-hydroxylation sites is 2. The number of aromatic carboxylic acids is 2. The van der Waals surface area contributed by atoms with E-state index in [1.165, 1.54) is 24.3 Å². The molecule has 0 aromatic heterocycles. The maximum Gasteiger partial charge on any atom is 0.339 e. The van der Waals surface area contributed by atoms with Gasteiger partial charge in [0.15, 0.2) is 11.5 Å². The minimum Gasteiger partial charge on any atom is -0.504 e. The Hall–Kier alpha value is -3.22. The summed E-state index contributed by atoms with van der Waals surface area (Å²) in [5.41, 5.74) is 5.50. The second-order valence-electron chi connectivity index (χ2n) is 3.87. The van der Waals surface area contributed by atoms with Crippen molar-refractivity contribution in [3.05, 3.63) is 53.6 Å². The molecule has 110 valence electrons. The predicted molar refractivity (Wildman–Crippen MR) is 74.5 cm³/mol. The number of carboxylic acid groups (broad SMARTS) is 2. The Morgan fingerprint density at radius 1 is 0.810 bits per heavy atom. The summed E-state index contributed by atoms with van der Waals surface area (Å²) in [7, 11) is 0. The van der Waals surface area contributed by atoms with Crippen LogP contribution in [-0.2, 0) is 0 Å². The third-order valence-corrected chi connectivity index (χ3v) is 2.44. The van der Waals surface area contributed by atoms with Gasteiger partial charge in [0.25, 0.3) is 0 Å². The lowest BCUT2D eigenvalue weighted by Gasteiger charge is -1.99. The Bertz CT molecular complexity index is 668. The summed E-state index contributed by atoms with van der Waals surface area (Å²) in [4.78, 5) is 20.6. The highest BCUT2D eigenvalue weighted by molar-refractivity contribution is 5.93. The van der Waals surface area contributed by atoms with Crippen molar-refractivity contribution in [1.29, 1.82) is 0 Å². The zero-order valence-corrected chi connectivity index (χ0v) is 10.7. The summed E-state index contributed by atoms with van der Waals surface area (Å²) in [5, 5.41) is 34.7. The normalized spacial score (nSPS) is 9.33. The smallest absolute Gasteiger partial charge is 0.339 e. The number of hydrogen-bond acceptors (Lipinski definition) is 5. The molecule has 7 nitrogen and oxygen atoms in total. The van der Waals surface area contributed by atoms with Gasteiger partial charge in [0.2, 0.25) is 0 Å². The highest BCUT2D eigenvalue weighted by Crippen LogP contribution is 2.27. The van der Waals surface area contributed by atoms with E-state index in [9.17, 15) is 9.59 Å². The molecule has 0 atom stereocenters. The molecule has 2 rings (SSSR count). The van der Waals surface area contributed by atoms with Crippen molar-refractivity contribution < 1.29 is 30.0 Å². The van der Waals surface area contributed by atoms with E-state index in [0.29, 0.717) is 5.69 Å². The molecule has 0 spiro atoms. The number of aromatic hydroxyl groups is 2. The first-order chi connectivity index (χ1) is 9.84. The number of nitrogen functional groups attached to an aromatic ring is 1. The summed E-state index contributed by atoms with van der Waals surface area (Å²) < 4.78 is 0. The van der Waals surface area contributed by atoms with Gasteiger partial charge in [-0.15, -0.1) is 0 Å². The lowest BCUT2D eigenvalue weighted by molar-refractivity contribution is 0.0684. The average molecular weight is 291 g/mol. The van der Waals surface area contributed by atoms with E-state index in [4.69, 9.17) is 26.2 Å². The quantitative estimate of drug-likeness (QED) is 0.419. The summed E-state index contributed by atoms with van der Waals surface area (Å²) in [6.07, 6.45) is 0. The van der Waals surface area contributed by atoms with Crippen LogP contribution >= 0.6 is 0 Å². The van der Waals surface area contributed by atoms with Gasteiger partial charge in [-0.2, -0.15) is 0 Å². The minimum atomic E-state index is -1.27. The molecule has 0 fully saturated rings. The molecule has 0 radical (unpaired) electrons. The molecule has 0 aliphatic rings. The van der Waals surface area contributed by atoms with Crippen molar-refractivity contribution in [2.45, 2.75) is 0 Å². The van der Waals surface area contributed by atoms with E-state index < -0.39 is 23.4 Å². The largest absolute Gasteiger partial charge is 0.504 e. The molecular formula is C14H13NO6. The molecule has 0 saturated heterocycles. The van der Waals surface area contributed by atoms with Crippen LogP contribution in [0.4, 0.5) is 5.69 Å². The van der Waals surface area contributed by atoms with Crippen molar-refractivity contribution in [1.82, 2.24) is 0 Å². The topological polar surface area (TPSA) is 141 Å². The summed E-state index contributed by atoms with van der Waals surface area (Å²) >= 11 is 0. The molecule has 0 amide bonds. The fourth-order valence-corrected chi connectivity index (χ4v) is 1.40. The van der Waals surface area contributed by atoms with Crippen molar-refractivity contribution in [3.63, 3.8) is 0 Å². The second kappa shape index (κ2) is 6.80. The van der Waals surface area contributed by atoms with Crippen LogP contribution in [0.25, 0.3) is 0 Å². The number of hydrogen-bond donors (Lipinski definition) is 5. The van der Waals surface area contributed by atoms with E-state index in [2.05, 4.69) is 0 Å². The maximum atomic E-state index is 10.3. The van der Waals surface area contributed by atoms with Gasteiger partial charge in [0.05, 0.1) is 5.56 Å². The van der Waals surface area contributed by atoms with E-state index in [-0.39, 0.29) is 11.1 Å². The van der Waals surface area contributed by atoms with Gasteiger partial charge in [-0.25, -0.2) is 9.59 Å². The molecule has 0 bridgehead atoms. The van der Waals surface area contributed by atoms with Crippen molar-refractivity contribution >= 4 is 17.6 Å². The lowest BCUT2D eigenvalue weighted by Crippen LogP contribution is -2.00. The summed E-state index contributed by atoms with van der Waals surface area (Å²) in [5.74, 6) is -3.28. The van der Waals surface area contributed by atoms with E-state index in [1.54, 1.807) is 18.2 Å². The highest BCUT2D eigenvalue weighted by atomic mass is 16.4. The molecule has 0 aliphatic heterocycles. The molecular weight excluding hydrogens is 278 g/mol. The molecule has 7 heteroatoms. The van der Waals surface area contributed by atoms with Gasteiger partial charge < -0.3 is 26.2 Å². The molecule has 0 unspecified atom stereocenters. The van der Waals surface area contributed by atoms with Gasteiger partial charge in [0.1, 0.15) is 5.56 Å². The standard InChI is InChI=1S/C7H7NO2.C7H6O4/c8-6-4-2-1-3-5(6)7(9)10;8-5-3-1-2-4(6(5)9)7(10)11/h1-4H,8H2,(H,9,10);1-3,8-9H,(H,10,11). The number of carbonyl (C=O) groups is 2. The van der Waals surface area contributed by atoms with Crippen molar-refractivity contribution in [2.75, 3.05) is 5.73 Å². The Kier molecular flexibility index (Phi) is 5.13. The molecule has 21 heavy (non-hydrogen) atoms. The molecule has 6 N–H and O–H groups in total. The van der Waals surface area contributed by atoms with E-state index in [1.807, 2.05) is 0 Å². The first-order valence-corrected chi connectivity index (χ1v) is 5.66. The Balaban J connectivity index is 0.000000211. The van der Waals surface area contributed by atoms with Crippen LogP contribution in [0.5, 0.6) is 11.5 Å². The molecule has 2 aromatic carbocycles. The second-order valence-corrected chi connectivity index (χ2v) is 3.87. The first-order valence-electron chi connectivity index (χ1n) is 5.66. The SMILES string of the molecule is Nc1ccccc1C(=O)O.O=C(O)c1cccc(O)c1O. The summed E-state index contributed by atoms with van der Waals surface area (Å²) in [6.45, 7) is 0. The van der Waals surface area contributed by atoms with E-state index in [0.717, 1.165) is 0 Å². The number of rotatable bonds is 2. The van der Waals surface area contributed by atoms with Crippen LogP contribution in [-0.4, -0.2) is 32.4 Å². The zero-order chi connectivity index (χ0) is 16.0. The highest BCUT2D eigenvalue weighted by Gasteiger charge is 2.11. The lowest BCUT2D eigenvalue weighted by atomic mass is 10.2. The third kappa shape index (κ3) is 4.13. The Morgan fingerprint density at radius 2 is 1.33 bits per heavy atom. The maximum absolute atomic E-state index is 10.3. The average Bonchev–Trinajstić information content (AvgIpc) is 2.42. The van der Waals surface area contributed by atoms with Crippen LogP contribution in [0, 0.1) is 0 Å². The fourth-order valence-electron chi connectivity index (χ4n) is 1.40. The minimum absolute atomic E-state index is 0.155. The molecule has 0 aliphatic carbocycles. The van der Waals surface area contributed by atoms with Gasteiger partial charge in [0, 0.05) is 5.69 Å². The van der Waals surface area contributed by atoms with Crippen molar-refractivity contribution in [3.8, 4) is 11.5 Å². The number of anilines is 1. The first kappa shape index (κ1) is 15.8. The van der Waals surface area contributed by atoms with Crippen LogP contribution in [0.3, 0.4) is 0 Å². The number of carboxylic acids is 2. The van der Waals surface area contributed by atoms with E-state index >= 15 is 0 Å². The fraction of sp³-hybridized carbons (Fsp3) is 0. The summed E-state index contributed by atoms with van der Waals surface area (Å²) in [6, 6.07) is 10.1. The zero-order valence-electron chi connectivity index (χ0n) is 10.7. The van der Waals surface area contributed by atoms with Crippen LogP contribution in [0.15, 0.2) is 42.5 Å². The number of phenolic OH excluding ortho intramolecular Hbond substituents is 1. The Morgan fingerprint density at radius 3 is 1.76 bits per heavy atom. The van der Waals surface area contributed by atoms with Gasteiger partial charge in [-0.3, -0.25) is 0 Å². The van der Waals surface area contributed by atoms with Gasteiger partial charge >= 0.3 is 11.9 Å². The van der Waals surface area contributed by atoms with Gasteiger partial charge in [-0.05, 0) is 24.3 Å². The van der Waals surface area contributed by atoms with Crippen LogP contribution in [0.2, 0.25) is 0 Å². The van der Waals surface area contributed by atoms with Crippen LogP contribution in [0.1, 0.15) is 20.7 Å². The van der Waals surface area contributed by atoms with Crippen molar-refractivity contribution in [2.24, 2.45) is 0 Å². The monoisotopic (exact) mass is 291 g/mol. The third-order valence-electron chi connectivity index (χ3n) is 2.44. The van der Waals surface area contributed by atoms with Crippen LogP contribution < -0.4 is 5.73 Å². The molecule has 2 aromatic rings. The molecule has 0 saturated carbocycles. The predicted octanol–water partition coefficient (Wildman–Crippen LogP) is 1.76. The molecule has 0 heterocycles. The number of benzene rings is 2. The number of phenols is 2.